The highest BCUT2D eigenvalue weighted by Crippen LogP contribution is 2.59. The zero-order chi connectivity index (χ0) is 26.7. The van der Waals surface area contributed by atoms with Crippen molar-refractivity contribution in [3.8, 4) is 17.1 Å². The fourth-order valence-corrected chi connectivity index (χ4v) is 5.79. The van der Waals surface area contributed by atoms with Crippen molar-refractivity contribution in [3.05, 3.63) is 96.2 Å². The van der Waals surface area contributed by atoms with Crippen LogP contribution in [-0.4, -0.2) is 42.4 Å². The molecule has 1 amide bonds. The normalized spacial score (nSPS) is 16.0. The van der Waals surface area contributed by atoms with E-state index in [0.717, 1.165) is 43.0 Å². The topological polar surface area (TPSA) is 76.6 Å². The summed E-state index contributed by atoms with van der Waals surface area (Å²) in [4.78, 5) is 25.9. The minimum absolute atomic E-state index is 0.0450. The Hall–Kier alpha value is -3.88. The highest BCUT2D eigenvalue weighted by molar-refractivity contribution is 8.00. The zero-order valence-corrected chi connectivity index (χ0v) is 22.6. The fraction of sp³-hybridized carbons (Fsp3) is 0.258. The summed E-state index contributed by atoms with van der Waals surface area (Å²) in [5, 5.41) is 2.78. The number of hydrogen-bond donors (Lipinski definition) is 1. The molecule has 8 heteroatoms. The van der Waals surface area contributed by atoms with Gasteiger partial charge in [0, 0.05) is 35.3 Å². The third kappa shape index (κ3) is 6.08. The van der Waals surface area contributed by atoms with Crippen molar-refractivity contribution in [2.75, 3.05) is 36.5 Å². The molecule has 2 heterocycles. The first-order valence-corrected chi connectivity index (χ1v) is 14.0. The lowest BCUT2D eigenvalue weighted by molar-refractivity contribution is 0.122. The van der Waals surface area contributed by atoms with Gasteiger partial charge in [-0.1, -0.05) is 35.9 Å². The van der Waals surface area contributed by atoms with Crippen LogP contribution >= 0.6 is 11.8 Å². The molecule has 1 N–H and O–H groups in total. The van der Waals surface area contributed by atoms with Crippen LogP contribution in [0.15, 0.2) is 89.8 Å². The molecule has 1 saturated heterocycles. The van der Waals surface area contributed by atoms with Crippen molar-refractivity contribution in [1.82, 2.24) is 9.97 Å². The van der Waals surface area contributed by atoms with Gasteiger partial charge < -0.3 is 14.4 Å². The Morgan fingerprint density at radius 1 is 0.949 bits per heavy atom. The standard InChI is InChI=1S/C31H30N4O3S/c1-22-7-13-26(14-8-22)39-31(15-16-31)27-21-28(35-17-19-37-20-18-35)34-29(33-27)23-9-11-24(12-10-23)32-30(36)38-25-5-3-2-4-6-25/h2-14,21H,15-20H2,1H3,(H,32,36). The lowest BCUT2D eigenvalue weighted by Gasteiger charge is -2.29. The lowest BCUT2D eigenvalue weighted by Crippen LogP contribution is -2.37. The first kappa shape index (κ1) is 25.4. The Bertz CT molecular complexity index is 1440. The van der Waals surface area contributed by atoms with Crippen LogP contribution in [0.1, 0.15) is 24.1 Å². The maximum absolute atomic E-state index is 12.3. The highest BCUT2D eigenvalue weighted by Gasteiger charge is 2.47. The Kier molecular flexibility index (Phi) is 7.22. The smallest absolute Gasteiger partial charge is 0.410 e. The molecule has 0 unspecified atom stereocenters. The average Bonchev–Trinajstić information content (AvgIpc) is 3.76. The number of carbonyl (C=O) groups excluding carboxylic acids is 1. The van der Waals surface area contributed by atoms with Crippen molar-refractivity contribution >= 4 is 29.4 Å². The Morgan fingerprint density at radius 3 is 2.36 bits per heavy atom. The van der Waals surface area contributed by atoms with Crippen LogP contribution in [-0.2, 0) is 9.48 Å². The second-order valence-corrected chi connectivity index (χ2v) is 11.3. The van der Waals surface area contributed by atoms with Gasteiger partial charge in [-0.05, 0) is 68.3 Å². The SMILES string of the molecule is Cc1ccc(SC2(c3cc(N4CCOCC4)nc(-c4ccc(NC(=O)Oc5ccccc5)cc4)n3)CC2)cc1. The Balaban J connectivity index is 1.26. The van der Waals surface area contributed by atoms with Gasteiger partial charge in [0.15, 0.2) is 5.82 Å². The number of nitrogens with one attached hydrogen (secondary N) is 1. The first-order valence-electron chi connectivity index (χ1n) is 13.2. The van der Waals surface area contributed by atoms with E-state index in [2.05, 4.69) is 47.5 Å². The minimum atomic E-state index is -0.536. The predicted octanol–water partition coefficient (Wildman–Crippen LogP) is 6.68. The summed E-state index contributed by atoms with van der Waals surface area (Å²) in [7, 11) is 0. The van der Waals surface area contributed by atoms with Crippen LogP contribution in [0.3, 0.4) is 0 Å². The molecule has 2 fully saturated rings. The van der Waals surface area contributed by atoms with E-state index in [0.29, 0.717) is 30.5 Å². The van der Waals surface area contributed by atoms with E-state index in [1.807, 2.05) is 54.2 Å². The molecular weight excluding hydrogens is 508 g/mol. The number of rotatable bonds is 7. The van der Waals surface area contributed by atoms with E-state index >= 15 is 0 Å². The Labute approximate surface area is 232 Å². The van der Waals surface area contributed by atoms with Gasteiger partial charge in [-0.25, -0.2) is 14.8 Å². The Morgan fingerprint density at radius 2 is 1.67 bits per heavy atom. The molecule has 1 aromatic heterocycles. The number of benzene rings is 3. The van der Waals surface area contributed by atoms with Gasteiger partial charge in [-0.2, -0.15) is 0 Å². The maximum Gasteiger partial charge on any atom is 0.417 e. The summed E-state index contributed by atoms with van der Waals surface area (Å²) in [6.45, 7) is 5.11. The van der Waals surface area contributed by atoms with Gasteiger partial charge in [-0.3, -0.25) is 5.32 Å². The van der Waals surface area contributed by atoms with Gasteiger partial charge in [0.2, 0.25) is 0 Å². The molecule has 2 aliphatic rings. The molecule has 39 heavy (non-hydrogen) atoms. The summed E-state index contributed by atoms with van der Waals surface area (Å²) in [6, 6.07) is 27.4. The summed E-state index contributed by atoms with van der Waals surface area (Å²) < 4.78 is 10.9. The van der Waals surface area contributed by atoms with Crippen LogP contribution < -0.4 is 15.0 Å². The van der Waals surface area contributed by atoms with Crippen molar-refractivity contribution in [3.63, 3.8) is 0 Å². The van der Waals surface area contributed by atoms with Crippen molar-refractivity contribution in [2.45, 2.75) is 29.4 Å². The number of carbonyl (C=O) groups is 1. The van der Waals surface area contributed by atoms with Crippen molar-refractivity contribution in [2.24, 2.45) is 0 Å². The van der Waals surface area contributed by atoms with E-state index < -0.39 is 6.09 Å². The molecule has 0 bridgehead atoms. The van der Waals surface area contributed by atoms with Crippen LogP contribution in [0.4, 0.5) is 16.3 Å². The average molecular weight is 539 g/mol. The van der Waals surface area contributed by atoms with E-state index in [9.17, 15) is 4.79 Å². The number of thioether (sulfide) groups is 1. The number of ether oxygens (including phenoxy) is 2. The maximum atomic E-state index is 12.3. The van der Waals surface area contributed by atoms with Crippen LogP contribution in [0.2, 0.25) is 0 Å². The van der Waals surface area contributed by atoms with Crippen LogP contribution in [0, 0.1) is 6.92 Å². The number of amides is 1. The fourth-order valence-electron chi connectivity index (χ4n) is 4.55. The molecule has 0 atom stereocenters. The quantitative estimate of drug-likeness (QED) is 0.281. The monoisotopic (exact) mass is 538 g/mol. The molecule has 7 nitrogen and oxygen atoms in total. The van der Waals surface area contributed by atoms with Gasteiger partial charge in [0.1, 0.15) is 11.6 Å². The van der Waals surface area contributed by atoms with Gasteiger partial charge >= 0.3 is 6.09 Å². The largest absolute Gasteiger partial charge is 0.417 e. The lowest BCUT2D eigenvalue weighted by atomic mass is 10.1. The minimum Gasteiger partial charge on any atom is -0.410 e. The van der Waals surface area contributed by atoms with Crippen LogP contribution in [0.5, 0.6) is 5.75 Å². The van der Waals surface area contributed by atoms with E-state index in [1.165, 1.54) is 10.5 Å². The third-order valence-electron chi connectivity index (χ3n) is 6.90. The summed E-state index contributed by atoms with van der Waals surface area (Å²) in [6.07, 6.45) is 1.62. The first-order chi connectivity index (χ1) is 19.1. The molecule has 1 aliphatic heterocycles. The molecular formula is C31H30N4O3S. The van der Waals surface area contributed by atoms with Crippen LogP contribution in [0.25, 0.3) is 11.4 Å². The summed E-state index contributed by atoms with van der Waals surface area (Å²) in [5.41, 5.74) is 3.85. The molecule has 0 radical (unpaired) electrons. The van der Waals surface area contributed by atoms with Gasteiger partial charge in [-0.15, -0.1) is 11.8 Å². The number of para-hydroxylation sites is 1. The molecule has 198 valence electrons. The van der Waals surface area contributed by atoms with Gasteiger partial charge in [0.25, 0.3) is 0 Å². The molecule has 1 saturated carbocycles. The number of aromatic nitrogens is 2. The highest BCUT2D eigenvalue weighted by atomic mass is 32.2. The summed E-state index contributed by atoms with van der Waals surface area (Å²) >= 11 is 1.89. The van der Waals surface area contributed by atoms with Gasteiger partial charge in [0.05, 0.1) is 23.7 Å². The van der Waals surface area contributed by atoms with Crippen molar-refractivity contribution in [1.29, 1.82) is 0 Å². The molecule has 6 rings (SSSR count). The molecule has 0 spiro atoms. The number of anilines is 2. The molecule has 3 aromatic carbocycles. The number of aryl methyl sites for hydroxylation is 1. The third-order valence-corrected chi connectivity index (χ3v) is 8.41. The number of nitrogens with zero attached hydrogens (tertiary/aromatic N) is 3. The number of morpholine rings is 1. The second kappa shape index (κ2) is 11.1. The second-order valence-electron chi connectivity index (χ2n) is 9.85. The van der Waals surface area contributed by atoms with E-state index in [4.69, 9.17) is 19.4 Å². The zero-order valence-electron chi connectivity index (χ0n) is 21.8. The summed E-state index contributed by atoms with van der Waals surface area (Å²) in [5.74, 6) is 2.11. The van der Waals surface area contributed by atoms with Crippen molar-refractivity contribution < 1.29 is 14.3 Å². The molecule has 1 aliphatic carbocycles. The number of hydrogen-bond acceptors (Lipinski definition) is 7. The molecule has 4 aromatic rings. The van der Waals surface area contributed by atoms with E-state index in [-0.39, 0.29) is 4.75 Å². The predicted molar refractivity (Wildman–Crippen MR) is 155 cm³/mol. The van der Waals surface area contributed by atoms with E-state index in [1.54, 1.807) is 12.1 Å².